The van der Waals surface area contributed by atoms with Crippen molar-refractivity contribution in [3.05, 3.63) is 41.6 Å². The van der Waals surface area contributed by atoms with Crippen molar-refractivity contribution in [2.45, 2.75) is 46.7 Å². The van der Waals surface area contributed by atoms with E-state index in [1.807, 2.05) is 30.1 Å². The molecule has 2 aromatic rings. The summed E-state index contributed by atoms with van der Waals surface area (Å²) in [6.45, 7) is 11.4. The molecule has 0 aromatic carbocycles. The molecule has 2 rings (SSSR count). The van der Waals surface area contributed by atoms with Crippen molar-refractivity contribution in [3.63, 3.8) is 0 Å². The molecule has 4 nitrogen and oxygen atoms in total. The van der Waals surface area contributed by atoms with E-state index >= 15 is 0 Å². The van der Waals surface area contributed by atoms with Crippen LogP contribution in [-0.2, 0) is 6.54 Å². The van der Waals surface area contributed by atoms with Crippen LogP contribution in [-0.4, -0.2) is 20.1 Å². The number of imidazole rings is 1. The van der Waals surface area contributed by atoms with E-state index in [4.69, 9.17) is 0 Å². The van der Waals surface area contributed by atoms with Crippen LogP contribution in [0.15, 0.2) is 24.7 Å². The van der Waals surface area contributed by atoms with Gasteiger partial charge in [-0.25, -0.2) is 9.97 Å². The Kier molecular flexibility index (Phi) is 3.71. The van der Waals surface area contributed by atoms with Gasteiger partial charge in [0.1, 0.15) is 12.1 Å². The monoisotopic (exact) mass is 258 g/mol. The summed E-state index contributed by atoms with van der Waals surface area (Å²) in [5, 5.41) is 3.45. The van der Waals surface area contributed by atoms with Crippen LogP contribution in [0.2, 0.25) is 0 Å². The van der Waals surface area contributed by atoms with Gasteiger partial charge < -0.3 is 5.32 Å². The molecule has 0 unspecified atom stereocenters. The third-order valence-electron chi connectivity index (χ3n) is 3.13. The van der Waals surface area contributed by atoms with E-state index < -0.39 is 0 Å². The third-order valence-corrected chi connectivity index (χ3v) is 3.13. The van der Waals surface area contributed by atoms with Crippen LogP contribution in [0, 0.1) is 13.8 Å². The first kappa shape index (κ1) is 13.7. The van der Waals surface area contributed by atoms with Crippen molar-refractivity contribution >= 4 is 0 Å². The summed E-state index contributed by atoms with van der Waals surface area (Å²) in [6.07, 6.45) is 3.74. The Morgan fingerprint density at radius 1 is 1.16 bits per heavy atom. The predicted molar refractivity (Wildman–Crippen MR) is 77.4 cm³/mol. The van der Waals surface area contributed by atoms with Gasteiger partial charge in [-0.2, -0.15) is 0 Å². The van der Waals surface area contributed by atoms with Gasteiger partial charge >= 0.3 is 0 Å². The minimum absolute atomic E-state index is 0.122. The Morgan fingerprint density at radius 2 is 1.89 bits per heavy atom. The molecule has 2 aromatic heterocycles. The van der Waals surface area contributed by atoms with E-state index in [0.717, 1.165) is 23.8 Å². The largest absolute Gasteiger partial charge is 0.308 e. The number of aromatic nitrogens is 3. The highest BCUT2D eigenvalue weighted by Gasteiger charge is 2.09. The van der Waals surface area contributed by atoms with Gasteiger partial charge in [0.2, 0.25) is 0 Å². The highest BCUT2D eigenvalue weighted by Crippen LogP contribution is 2.12. The third kappa shape index (κ3) is 3.41. The minimum Gasteiger partial charge on any atom is -0.308 e. The quantitative estimate of drug-likeness (QED) is 0.920. The number of pyridine rings is 1. The predicted octanol–water partition coefficient (Wildman–Crippen LogP) is 2.77. The average Bonchev–Trinajstić information content (AvgIpc) is 2.68. The summed E-state index contributed by atoms with van der Waals surface area (Å²) >= 11 is 0. The molecule has 102 valence electrons. The van der Waals surface area contributed by atoms with Gasteiger partial charge in [-0.15, -0.1) is 0 Å². The molecule has 19 heavy (non-hydrogen) atoms. The van der Waals surface area contributed by atoms with E-state index in [1.165, 1.54) is 5.56 Å². The van der Waals surface area contributed by atoms with Crippen LogP contribution >= 0.6 is 0 Å². The number of hydrogen-bond acceptors (Lipinski definition) is 3. The summed E-state index contributed by atoms with van der Waals surface area (Å²) in [7, 11) is 0. The molecule has 1 N–H and O–H groups in total. The minimum atomic E-state index is 0.122. The standard InChI is InChI=1S/C15H22N4/c1-11-12(2)19(10-17-11)14-7-6-13(8-16-14)9-18-15(3,4)5/h6-8,10,18H,9H2,1-5H3. The maximum absolute atomic E-state index is 4.51. The summed E-state index contributed by atoms with van der Waals surface area (Å²) in [4.78, 5) is 8.80. The smallest absolute Gasteiger partial charge is 0.138 e. The van der Waals surface area contributed by atoms with Crippen LogP contribution in [0.4, 0.5) is 0 Å². The van der Waals surface area contributed by atoms with Crippen molar-refractivity contribution in [3.8, 4) is 5.82 Å². The fraction of sp³-hybridized carbons (Fsp3) is 0.467. The zero-order chi connectivity index (χ0) is 14.0. The Labute approximate surface area is 114 Å². The molecule has 0 saturated heterocycles. The highest BCUT2D eigenvalue weighted by molar-refractivity contribution is 5.29. The van der Waals surface area contributed by atoms with E-state index in [0.29, 0.717) is 0 Å². The van der Waals surface area contributed by atoms with Crippen LogP contribution in [0.25, 0.3) is 5.82 Å². The molecule has 0 amide bonds. The van der Waals surface area contributed by atoms with Crippen molar-refractivity contribution in [2.24, 2.45) is 0 Å². The maximum atomic E-state index is 4.51. The van der Waals surface area contributed by atoms with Crippen molar-refractivity contribution in [2.75, 3.05) is 0 Å². The summed E-state index contributed by atoms with van der Waals surface area (Å²) in [5.74, 6) is 0.914. The van der Waals surface area contributed by atoms with Crippen LogP contribution in [0.3, 0.4) is 0 Å². The average molecular weight is 258 g/mol. The zero-order valence-electron chi connectivity index (χ0n) is 12.4. The maximum Gasteiger partial charge on any atom is 0.138 e. The normalized spacial score (nSPS) is 11.8. The molecule has 2 heterocycles. The van der Waals surface area contributed by atoms with Crippen molar-refractivity contribution in [1.29, 1.82) is 0 Å². The van der Waals surface area contributed by atoms with E-state index in [1.54, 1.807) is 0 Å². The van der Waals surface area contributed by atoms with E-state index in [-0.39, 0.29) is 5.54 Å². The van der Waals surface area contributed by atoms with E-state index in [9.17, 15) is 0 Å². The Hall–Kier alpha value is -1.68. The topological polar surface area (TPSA) is 42.7 Å². The van der Waals surface area contributed by atoms with Crippen LogP contribution < -0.4 is 5.32 Å². The fourth-order valence-electron chi connectivity index (χ4n) is 1.76. The second kappa shape index (κ2) is 5.13. The van der Waals surface area contributed by atoms with Gasteiger partial charge in [-0.05, 0) is 46.2 Å². The molecule has 0 atom stereocenters. The summed E-state index contributed by atoms with van der Waals surface area (Å²) in [6, 6.07) is 4.14. The van der Waals surface area contributed by atoms with Gasteiger partial charge in [0.15, 0.2) is 0 Å². The lowest BCUT2D eigenvalue weighted by Gasteiger charge is -2.20. The molecule has 0 radical (unpaired) electrons. The zero-order valence-corrected chi connectivity index (χ0v) is 12.4. The molecule has 0 aliphatic carbocycles. The lowest BCUT2D eigenvalue weighted by atomic mass is 10.1. The second-order valence-corrected chi connectivity index (χ2v) is 5.91. The lowest BCUT2D eigenvalue weighted by molar-refractivity contribution is 0.424. The molecule has 0 aliphatic heterocycles. The molecule has 0 spiro atoms. The first-order valence-electron chi connectivity index (χ1n) is 6.58. The molecule has 4 heteroatoms. The summed E-state index contributed by atoms with van der Waals surface area (Å²) < 4.78 is 2.01. The van der Waals surface area contributed by atoms with E-state index in [2.05, 4.69) is 49.0 Å². The van der Waals surface area contributed by atoms with Crippen molar-refractivity contribution in [1.82, 2.24) is 19.9 Å². The number of aryl methyl sites for hydroxylation is 1. The Bertz CT molecular complexity index is 547. The second-order valence-electron chi connectivity index (χ2n) is 5.91. The first-order chi connectivity index (χ1) is 8.87. The SMILES string of the molecule is Cc1ncn(-c2ccc(CNC(C)(C)C)cn2)c1C. The van der Waals surface area contributed by atoms with Crippen LogP contribution in [0.5, 0.6) is 0 Å². The first-order valence-corrected chi connectivity index (χ1v) is 6.58. The number of nitrogens with zero attached hydrogens (tertiary/aromatic N) is 3. The number of hydrogen-bond donors (Lipinski definition) is 1. The highest BCUT2D eigenvalue weighted by atomic mass is 15.1. The Balaban J connectivity index is 2.13. The summed E-state index contributed by atoms with van der Waals surface area (Å²) in [5.41, 5.74) is 3.48. The molecular weight excluding hydrogens is 236 g/mol. The molecule has 0 aliphatic rings. The van der Waals surface area contributed by atoms with Gasteiger partial charge in [0.05, 0.1) is 5.69 Å². The molecule has 0 bridgehead atoms. The van der Waals surface area contributed by atoms with Crippen LogP contribution in [0.1, 0.15) is 37.7 Å². The number of nitrogens with one attached hydrogen (secondary N) is 1. The van der Waals surface area contributed by atoms with Gasteiger partial charge in [-0.1, -0.05) is 6.07 Å². The number of rotatable bonds is 3. The van der Waals surface area contributed by atoms with Gasteiger partial charge in [0, 0.05) is 24.0 Å². The lowest BCUT2D eigenvalue weighted by Crippen LogP contribution is -2.35. The van der Waals surface area contributed by atoms with Gasteiger partial charge in [-0.3, -0.25) is 4.57 Å². The fourth-order valence-corrected chi connectivity index (χ4v) is 1.76. The molecule has 0 fully saturated rings. The molecular formula is C15H22N4. The Morgan fingerprint density at radius 3 is 2.37 bits per heavy atom. The molecule has 0 saturated carbocycles. The van der Waals surface area contributed by atoms with Crippen molar-refractivity contribution < 1.29 is 0 Å². The van der Waals surface area contributed by atoms with Gasteiger partial charge in [0.25, 0.3) is 0 Å².